The molecule has 2 heterocycles. The Morgan fingerprint density at radius 1 is 1.16 bits per heavy atom. The summed E-state index contributed by atoms with van der Waals surface area (Å²) in [5, 5.41) is 4.16. The molecule has 0 spiro atoms. The number of halogens is 1. The van der Waals surface area contributed by atoms with Gasteiger partial charge in [-0.3, -0.25) is 0 Å². The van der Waals surface area contributed by atoms with Gasteiger partial charge >= 0.3 is 0 Å². The smallest absolute Gasteiger partial charge is 0.245 e. The number of benzene rings is 2. The Morgan fingerprint density at radius 3 is 2.75 bits per heavy atom. The lowest BCUT2D eigenvalue weighted by Gasteiger charge is -2.27. The maximum Gasteiger partial charge on any atom is 0.245 e. The number of hydrogen-bond donors (Lipinski definition) is 1. The summed E-state index contributed by atoms with van der Waals surface area (Å²) >= 11 is 0. The van der Waals surface area contributed by atoms with E-state index in [0.717, 1.165) is 17.3 Å². The summed E-state index contributed by atoms with van der Waals surface area (Å²) in [6.45, 7) is 2.68. The molecule has 0 radical (unpaired) electrons. The average molecular weight is 437 g/mol. The number of methoxy groups -OCH3 is 1. The van der Waals surface area contributed by atoms with Crippen LogP contribution >= 0.6 is 0 Å². The molecule has 9 heteroatoms. The van der Waals surface area contributed by atoms with Gasteiger partial charge in [0.15, 0.2) is 23.1 Å². The maximum atomic E-state index is 14.1. The molecule has 3 aromatic rings. The van der Waals surface area contributed by atoms with Crippen LogP contribution < -0.4 is 19.8 Å². The summed E-state index contributed by atoms with van der Waals surface area (Å²) < 4.78 is 30.8. The van der Waals surface area contributed by atoms with Gasteiger partial charge in [-0.25, -0.2) is 14.8 Å². The minimum atomic E-state index is -0.475. The fourth-order valence-electron chi connectivity index (χ4n) is 3.19. The number of rotatable bonds is 8. The molecule has 0 bridgehead atoms. The van der Waals surface area contributed by atoms with Crippen LogP contribution in [0.5, 0.6) is 11.5 Å². The maximum absolute atomic E-state index is 14.1. The summed E-state index contributed by atoms with van der Waals surface area (Å²) in [4.78, 5) is 10.0. The van der Waals surface area contributed by atoms with Crippen LogP contribution in [0.4, 0.5) is 16.2 Å². The number of aromatic nitrogens is 2. The fraction of sp³-hybridized carbons (Fsp3) is 0.261. The lowest BCUT2D eigenvalue weighted by Crippen LogP contribution is -2.37. The molecular weight excluding hydrogens is 413 g/mol. The van der Waals surface area contributed by atoms with Crippen molar-refractivity contribution in [2.45, 2.75) is 6.61 Å². The summed E-state index contributed by atoms with van der Waals surface area (Å²) in [6.07, 6.45) is 2.74. The predicted octanol–water partition coefficient (Wildman–Crippen LogP) is 3.49. The third kappa shape index (κ3) is 5.50. The highest BCUT2D eigenvalue weighted by atomic mass is 19.1. The van der Waals surface area contributed by atoms with E-state index in [2.05, 4.69) is 20.5 Å². The fourth-order valence-corrected chi connectivity index (χ4v) is 3.19. The van der Waals surface area contributed by atoms with Gasteiger partial charge in [0.25, 0.3) is 0 Å². The summed E-state index contributed by atoms with van der Waals surface area (Å²) in [6, 6.07) is 15.4. The Bertz CT molecular complexity index is 1060. The van der Waals surface area contributed by atoms with Crippen LogP contribution in [0.1, 0.15) is 11.1 Å². The standard InChI is InChI=1S/C23H24FN5O3/c1-30-21-13-18(7-8-20(21)32-16-17-5-3-2-4-6-17)14-26-28-23-25-15-19(24)22(27-23)29-9-11-31-12-10-29/h2-8,13-15H,9-12,16H2,1H3,(H,25,27,28)/b26-14+. The first-order valence-electron chi connectivity index (χ1n) is 10.2. The van der Waals surface area contributed by atoms with E-state index in [4.69, 9.17) is 14.2 Å². The van der Waals surface area contributed by atoms with E-state index in [1.807, 2.05) is 53.4 Å². The number of hydrazone groups is 1. The second-order valence-corrected chi connectivity index (χ2v) is 7.02. The van der Waals surface area contributed by atoms with Crippen molar-refractivity contribution < 1.29 is 18.6 Å². The minimum Gasteiger partial charge on any atom is -0.493 e. The van der Waals surface area contributed by atoms with Crippen molar-refractivity contribution in [3.63, 3.8) is 0 Å². The molecule has 166 valence electrons. The first kappa shape index (κ1) is 21.5. The van der Waals surface area contributed by atoms with Crippen LogP contribution in [-0.4, -0.2) is 49.6 Å². The predicted molar refractivity (Wildman–Crippen MR) is 120 cm³/mol. The lowest BCUT2D eigenvalue weighted by atomic mass is 10.2. The van der Waals surface area contributed by atoms with Gasteiger partial charge in [-0.2, -0.15) is 10.1 Å². The first-order valence-corrected chi connectivity index (χ1v) is 10.2. The molecule has 32 heavy (non-hydrogen) atoms. The third-order valence-corrected chi connectivity index (χ3v) is 4.84. The van der Waals surface area contributed by atoms with Crippen LogP contribution in [0.15, 0.2) is 59.8 Å². The van der Waals surface area contributed by atoms with Crippen molar-refractivity contribution in [1.29, 1.82) is 0 Å². The van der Waals surface area contributed by atoms with E-state index in [1.54, 1.807) is 13.3 Å². The number of hydrogen-bond acceptors (Lipinski definition) is 8. The van der Waals surface area contributed by atoms with Crippen molar-refractivity contribution in [1.82, 2.24) is 9.97 Å². The largest absolute Gasteiger partial charge is 0.493 e. The quantitative estimate of drug-likeness (QED) is 0.427. The van der Waals surface area contributed by atoms with Crippen molar-refractivity contribution in [3.05, 3.63) is 71.7 Å². The zero-order chi connectivity index (χ0) is 22.2. The van der Waals surface area contributed by atoms with Gasteiger partial charge in [0, 0.05) is 13.1 Å². The SMILES string of the molecule is COc1cc(/C=N/Nc2ncc(F)c(N3CCOCC3)n2)ccc1OCc1ccccc1. The molecule has 0 amide bonds. The third-order valence-electron chi connectivity index (χ3n) is 4.84. The van der Waals surface area contributed by atoms with E-state index in [0.29, 0.717) is 44.4 Å². The van der Waals surface area contributed by atoms with Crippen LogP contribution in [-0.2, 0) is 11.3 Å². The second kappa shape index (κ2) is 10.5. The molecule has 4 rings (SSSR count). The zero-order valence-electron chi connectivity index (χ0n) is 17.7. The van der Waals surface area contributed by atoms with Crippen LogP contribution in [0, 0.1) is 5.82 Å². The van der Waals surface area contributed by atoms with Gasteiger partial charge < -0.3 is 19.1 Å². The highest BCUT2D eigenvalue weighted by Gasteiger charge is 2.17. The average Bonchev–Trinajstić information content (AvgIpc) is 2.85. The monoisotopic (exact) mass is 437 g/mol. The molecular formula is C23H24FN5O3. The second-order valence-electron chi connectivity index (χ2n) is 7.02. The molecule has 8 nitrogen and oxygen atoms in total. The van der Waals surface area contributed by atoms with Crippen LogP contribution in [0.2, 0.25) is 0 Å². The van der Waals surface area contributed by atoms with E-state index in [9.17, 15) is 4.39 Å². The van der Waals surface area contributed by atoms with E-state index in [-0.39, 0.29) is 11.8 Å². The molecule has 1 saturated heterocycles. The van der Waals surface area contributed by atoms with Crippen molar-refractivity contribution >= 4 is 18.0 Å². The Hall–Kier alpha value is -3.72. The van der Waals surface area contributed by atoms with Crippen LogP contribution in [0.25, 0.3) is 0 Å². The highest BCUT2D eigenvalue weighted by Crippen LogP contribution is 2.28. The van der Waals surface area contributed by atoms with Crippen LogP contribution in [0.3, 0.4) is 0 Å². The van der Waals surface area contributed by atoms with Gasteiger partial charge in [0.2, 0.25) is 5.95 Å². The number of nitrogens with zero attached hydrogens (tertiary/aromatic N) is 4. The van der Waals surface area contributed by atoms with Crippen molar-refractivity contribution in [3.8, 4) is 11.5 Å². The Morgan fingerprint density at radius 2 is 1.97 bits per heavy atom. The number of morpholine rings is 1. The topological polar surface area (TPSA) is 81.1 Å². The molecule has 1 fully saturated rings. The molecule has 1 aromatic heterocycles. The van der Waals surface area contributed by atoms with Gasteiger partial charge in [-0.05, 0) is 29.3 Å². The number of anilines is 2. The molecule has 1 N–H and O–H groups in total. The van der Waals surface area contributed by atoms with Gasteiger partial charge in [-0.15, -0.1) is 0 Å². The molecule has 0 aliphatic carbocycles. The summed E-state index contributed by atoms with van der Waals surface area (Å²) in [7, 11) is 1.59. The molecule has 1 aliphatic rings. The van der Waals surface area contributed by atoms with Gasteiger partial charge in [0.1, 0.15) is 6.61 Å². The highest BCUT2D eigenvalue weighted by molar-refractivity contribution is 5.81. The zero-order valence-corrected chi connectivity index (χ0v) is 17.7. The molecule has 1 aliphatic heterocycles. The van der Waals surface area contributed by atoms with Crippen molar-refractivity contribution in [2.24, 2.45) is 5.10 Å². The summed E-state index contributed by atoms with van der Waals surface area (Å²) in [5.41, 5.74) is 4.61. The minimum absolute atomic E-state index is 0.207. The number of ether oxygens (including phenoxy) is 3. The first-order chi connectivity index (χ1) is 15.7. The summed E-state index contributed by atoms with van der Waals surface area (Å²) in [5.74, 6) is 1.20. The molecule has 0 unspecified atom stereocenters. The van der Waals surface area contributed by atoms with Gasteiger partial charge in [-0.1, -0.05) is 30.3 Å². The normalized spacial score (nSPS) is 13.9. The molecule has 0 atom stereocenters. The van der Waals surface area contributed by atoms with E-state index in [1.165, 1.54) is 0 Å². The lowest BCUT2D eigenvalue weighted by molar-refractivity contribution is 0.122. The van der Waals surface area contributed by atoms with E-state index < -0.39 is 5.82 Å². The van der Waals surface area contributed by atoms with Crippen molar-refractivity contribution in [2.75, 3.05) is 43.7 Å². The van der Waals surface area contributed by atoms with Gasteiger partial charge in [0.05, 0.1) is 32.7 Å². The molecule has 2 aromatic carbocycles. The van der Waals surface area contributed by atoms with E-state index >= 15 is 0 Å². The Labute approximate surface area is 185 Å². The molecule has 0 saturated carbocycles. The number of nitrogens with one attached hydrogen (secondary N) is 1. The Balaban J connectivity index is 1.40. The Kier molecular flexibility index (Phi) is 7.08.